The Morgan fingerprint density at radius 2 is 2.42 bits per heavy atom. The molecule has 19 heavy (non-hydrogen) atoms. The number of hydrogen-bond acceptors (Lipinski definition) is 4. The lowest BCUT2D eigenvalue weighted by atomic mass is 10.1. The Morgan fingerprint density at radius 1 is 1.58 bits per heavy atom. The number of H-pyrrole nitrogens is 1. The highest BCUT2D eigenvalue weighted by molar-refractivity contribution is 5.76. The van der Waals surface area contributed by atoms with Crippen molar-refractivity contribution >= 4 is 5.91 Å². The maximum absolute atomic E-state index is 12.1. The number of imidazole rings is 1. The van der Waals surface area contributed by atoms with Crippen LogP contribution in [0.15, 0.2) is 12.4 Å². The standard InChI is InChI=1S/C13H22N4O2/c1-16-7-8-17(12(18)4-3-9-19-2)10-11(16)13-14-5-6-15-13/h5-6,11H,3-4,7-10H2,1-2H3,(H,14,15)/t11-/m1/s1. The summed E-state index contributed by atoms with van der Waals surface area (Å²) in [6.45, 7) is 3.01. The van der Waals surface area contributed by atoms with Crippen LogP contribution in [0.3, 0.4) is 0 Å². The predicted molar refractivity (Wildman–Crippen MR) is 71.6 cm³/mol. The van der Waals surface area contributed by atoms with Gasteiger partial charge in [-0.05, 0) is 13.5 Å². The van der Waals surface area contributed by atoms with Crippen molar-refractivity contribution in [1.29, 1.82) is 0 Å². The Labute approximate surface area is 113 Å². The van der Waals surface area contributed by atoms with Gasteiger partial charge in [-0.2, -0.15) is 0 Å². The summed E-state index contributed by atoms with van der Waals surface area (Å²) in [5, 5.41) is 0. The van der Waals surface area contributed by atoms with Gasteiger partial charge in [-0.25, -0.2) is 4.98 Å². The van der Waals surface area contributed by atoms with Crippen LogP contribution in [0.1, 0.15) is 24.7 Å². The largest absolute Gasteiger partial charge is 0.385 e. The summed E-state index contributed by atoms with van der Waals surface area (Å²) in [6, 6.07) is 0.162. The molecule has 2 rings (SSSR count). The molecule has 0 bridgehead atoms. The van der Waals surface area contributed by atoms with Gasteiger partial charge in [-0.1, -0.05) is 0 Å². The van der Waals surface area contributed by atoms with Crippen LogP contribution in [-0.4, -0.2) is 66.1 Å². The molecule has 0 saturated carbocycles. The number of aromatic amines is 1. The molecule has 0 radical (unpaired) electrons. The minimum atomic E-state index is 0.162. The van der Waals surface area contributed by atoms with Gasteiger partial charge in [0.1, 0.15) is 5.82 Å². The van der Waals surface area contributed by atoms with Crippen LogP contribution in [0.4, 0.5) is 0 Å². The van der Waals surface area contributed by atoms with Crippen molar-refractivity contribution in [3.8, 4) is 0 Å². The van der Waals surface area contributed by atoms with Crippen LogP contribution in [0.25, 0.3) is 0 Å². The molecule has 2 heterocycles. The van der Waals surface area contributed by atoms with Gasteiger partial charge >= 0.3 is 0 Å². The second-order valence-electron chi connectivity index (χ2n) is 4.91. The number of aromatic nitrogens is 2. The lowest BCUT2D eigenvalue weighted by Crippen LogP contribution is -2.49. The van der Waals surface area contributed by atoms with Crippen LogP contribution in [0.2, 0.25) is 0 Å². The monoisotopic (exact) mass is 266 g/mol. The number of ether oxygens (including phenoxy) is 1. The van der Waals surface area contributed by atoms with E-state index in [9.17, 15) is 4.79 Å². The number of amides is 1. The number of rotatable bonds is 5. The molecule has 1 saturated heterocycles. The maximum Gasteiger partial charge on any atom is 0.222 e. The van der Waals surface area contributed by atoms with Crippen LogP contribution in [0, 0.1) is 0 Å². The van der Waals surface area contributed by atoms with E-state index < -0.39 is 0 Å². The SMILES string of the molecule is COCCCC(=O)N1CCN(C)[C@@H](c2ncc[nH]2)C1. The molecule has 6 nitrogen and oxygen atoms in total. The number of hydrogen-bond donors (Lipinski definition) is 1. The Bertz CT molecular complexity index is 393. The smallest absolute Gasteiger partial charge is 0.222 e. The third-order valence-electron chi connectivity index (χ3n) is 3.57. The van der Waals surface area contributed by atoms with Gasteiger partial charge in [0.25, 0.3) is 0 Å². The lowest BCUT2D eigenvalue weighted by Gasteiger charge is -2.38. The highest BCUT2D eigenvalue weighted by Crippen LogP contribution is 2.21. The maximum atomic E-state index is 12.1. The van der Waals surface area contributed by atoms with Crippen molar-refractivity contribution in [3.63, 3.8) is 0 Å². The van der Waals surface area contributed by atoms with Crippen molar-refractivity contribution in [2.45, 2.75) is 18.9 Å². The molecular formula is C13H22N4O2. The Balaban J connectivity index is 1.91. The summed E-state index contributed by atoms with van der Waals surface area (Å²) < 4.78 is 4.98. The first-order chi connectivity index (χ1) is 9.22. The summed E-state index contributed by atoms with van der Waals surface area (Å²) in [7, 11) is 3.73. The fourth-order valence-corrected chi connectivity index (χ4v) is 2.38. The minimum absolute atomic E-state index is 0.162. The molecule has 0 aromatic carbocycles. The molecule has 1 aliphatic heterocycles. The van der Waals surface area contributed by atoms with Crippen LogP contribution in [-0.2, 0) is 9.53 Å². The predicted octanol–water partition coefficient (Wildman–Crippen LogP) is 0.651. The highest BCUT2D eigenvalue weighted by Gasteiger charge is 2.29. The number of piperazine rings is 1. The zero-order valence-corrected chi connectivity index (χ0v) is 11.6. The van der Waals surface area contributed by atoms with Gasteiger partial charge in [0.05, 0.1) is 6.04 Å². The van der Waals surface area contributed by atoms with Gasteiger partial charge in [0.2, 0.25) is 5.91 Å². The summed E-state index contributed by atoms with van der Waals surface area (Å²) in [6.07, 6.45) is 4.92. The fraction of sp³-hybridized carbons (Fsp3) is 0.692. The van der Waals surface area contributed by atoms with Crippen LogP contribution in [0.5, 0.6) is 0 Å². The second-order valence-corrected chi connectivity index (χ2v) is 4.91. The molecular weight excluding hydrogens is 244 g/mol. The number of likely N-dealkylation sites (N-methyl/N-ethyl adjacent to an activating group) is 1. The van der Waals surface area contributed by atoms with E-state index in [4.69, 9.17) is 4.74 Å². The van der Waals surface area contributed by atoms with E-state index in [1.807, 2.05) is 11.1 Å². The topological polar surface area (TPSA) is 61.5 Å². The number of carbonyl (C=O) groups is 1. The van der Waals surface area contributed by atoms with Gasteiger partial charge in [-0.15, -0.1) is 0 Å². The van der Waals surface area contributed by atoms with E-state index in [0.717, 1.165) is 25.3 Å². The van der Waals surface area contributed by atoms with Crippen molar-refractivity contribution in [1.82, 2.24) is 19.8 Å². The first-order valence-electron chi connectivity index (χ1n) is 6.68. The third-order valence-corrected chi connectivity index (χ3v) is 3.57. The van der Waals surface area contributed by atoms with E-state index in [1.54, 1.807) is 13.3 Å². The molecule has 1 atom stereocenters. The molecule has 106 valence electrons. The van der Waals surface area contributed by atoms with Gasteiger partial charge < -0.3 is 14.6 Å². The average molecular weight is 266 g/mol. The molecule has 1 N–H and O–H groups in total. The normalized spacial score (nSPS) is 20.7. The molecule has 1 aromatic rings. The second kappa shape index (κ2) is 6.68. The lowest BCUT2D eigenvalue weighted by molar-refractivity contribution is -0.134. The molecule has 1 aromatic heterocycles. The molecule has 0 unspecified atom stereocenters. The number of nitrogens with one attached hydrogen (secondary N) is 1. The summed E-state index contributed by atoms with van der Waals surface area (Å²) in [5.74, 6) is 1.14. The zero-order chi connectivity index (χ0) is 13.7. The number of methoxy groups -OCH3 is 1. The van der Waals surface area contributed by atoms with Gasteiger partial charge in [0, 0.05) is 52.2 Å². The van der Waals surface area contributed by atoms with E-state index in [1.165, 1.54) is 0 Å². The Morgan fingerprint density at radius 3 is 3.11 bits per heavy atom. The number of carbonyl (C=O) groups excluding carboxylic acids is 1. The Hall–Kier alpha value is -1.40. The van der Waals surface area contributed by atoms with Crippen molar-refractivity contribution < 1.29 is 9.53 Å². The van der Waals surface area contributed by atoms with Crippen molar-refractivity contribution in [2.75, 3.05) is 40.4 Å². The first-order valence-corrected chi connectivity index (χ1v) is 6.68. The molecule has 6 heteroatoms. The summed E-state index contributed by atoms with van der Waals surface area (Å²) in [4.78, 5) is 23.7. The quantitative estimate of drug-likeness (QED) is 0.795. The van der Waals surface area contributed by atoms with Crippen molar-refractivity contribution in [2.24, 2.45) is 0 Å². The van der Waals surface area contributed by atoms with Crippen molar-refractivity contribution in [3.05, 3.63) is 18.2 Å². The zero-order valence-electron chi connectivity index (χ0n) is 11.6. The van der Waals surface area contributed by atoms with E-state index in [0.29, 0.717) is 19.6 Å². The van der Waals surface area contributed by atoms with Crippen LogP contribution >= 0.6 is 0 Å². The van der Waals surface area contributed by atoms with Gasteiger partial charge in [-0.3, -0.25) is 9.69 Å². The minimum Gasteiger partial charge on any atom is -0.385 e. The third kappa shape index (κ3) is 3.54. The fourth-order valence-electron chi connectivity index (χ4n) is 2.38. The first kappa shape index (κ1) is 14.0. The van der Waals surface area contributed by atoms with Gasteiger partial charge in [0.15, 0.2) is 0 Å². The van der Waals surface area contributed by atoms with E-state index in [2.05, 4.69) is 21.9 Å². The molecule has 1 aliphatic rings. The van der Waals surface area contributed by atoms with Crippen LogP contribution < -0.4 is 0 Å². The summed E-state index contributed by atoms with van der Waals surface area (Å²) in [5.41, 5.74) is 0. The molecule has 1 amide bonds. The average Bonchev–Trinajstić information content (AvgIpc) is 2.93. The molecule has 0 spiro atoms. The highest BCUT2D eigenvalue weighted by atomic mass is 16.5. The van der Waals surface area contributed by atoms with E-state index >= 15 is 0 Å². The Kier molecular flexibility index (Phi) is 4.93. The summed E-state index contributed by atoms with van der Waals surface area (Å²) >= 11 is 0. The molecule has 1 fully saturated rings. The number of nitrogens with zero attached hydrogens (tertiary/aromatic N) is 3. The molecule has 0 aliphatic carbocycles. The van der Waals surface area contributed by atoms with E-state index in [-0.39, 0.29) is 11.9 Å².